The highest BCUT2D eigenvalue weighted by Crippen LogP contribution is 2.15. The van der Waals surface area contributed by atoms with Crippen LogP contribution in [0.25, 0.3) is 0 Å². The number of unbranched alkanes of at least 4 members (excludes halogenated alkanes) is 2. The summed E-state index contributed by atoms with van der Waals surface area (Å²) in [5, 5.41) is 11.9. The highest BCUT2D eigenvalue weighted by atomic mass is 16.5. The van der Waals surface area contributed by atoms with Crippen LogP contribution >= 0.6 is 0 Å². The monoisotopic (exact) mass is 238 g/mol. The van der Waals surface area contributed by atoms with Gasteiger partial charge in [0.15, 0.2) is 0 Å². The van der Waals surface area contributed by atoms with Gasteiger partial charge in [-0.2, -0.15) is 0 Å². The fourth-order valence-electron chi connectivity index (χ4n) is 1.44. The number of hydrogen-bond donors (Lipinski definition) is 2. The Kier molecular flexibility index (Phi) is 7.14. The molecule has 4 nitrogen and oxygen atoms in total. The zero-order valence-corrected chi connectivity index (χ0v) is 10.5. The van der Waals surface area contributed by atoms with Crippen LogP contribution in [0.2, 0.25) is 0 Å². The van der Waals surface area contributed by atoms with Gasteiger partial charge in [-0.15, -0.1) is 0 Å². The van der Waals surface area contributed by atoms with Gasteiger partial charge < -0.3 is 15.2 Å². The van der Waals surface area contributed by atoms with E-state index in [0.29, 0.717) is 6.61 Å². The predicted molar refractivity (Wildman–Crippen MR) is 69.4 cm³/mol. The molecular formula is C13H22N2O2. The molecule has 1 aromatic heterocycles. The van der Waals surface area contributed by atoms with E-state index in [1.165, 1.54) is 0 Å². The van der Waals surface area contributed by atoms with Crippen molar-refractivity contribution in [2.24, 2.45) is 0 Å². The molecule has 0 aliphatic carbocycles. The maximum atomic E-state index is 8.64. The standard InChI is InChI=1S/C13H22N2O2/c1-2-6-15-12-9-13(11-14-10-12)17-8-5-3-4-7-16/h9-11,15-16H,2-8H2,1H3. The van der Waals surface area contributed by atoms with Crippen LogP contribution in [0.4, 0.5) is 5.69 Å². The summed E-state index contributed by atoms with van der Waals surface area (Å²) in [6, 6.07) is 1.97. The first-order valence-electron chi connectivity index (χ1n) is 6.29. The zero-order chi connectivity index (χ0) is 12.3. The van der Waals surface area contributed by atoms with E-state index in [9.17, 15) is 0 Å². The quantitative estimate of drug-likeness (QED) is 0.649. The minimum atomic E-state index is 0.262. The Labute approximate surface area is 103 Å². The minimum Gasteiger partial charge on any atom is -0.492 e. The third-order valence-corrected chi connectivity index (χ3v) is 2.36. The van der Waals surface area contributed by atoms with Crippen molar-refractivity contribution in [2.45, 2.75) is 32.6 Å². The summed E-state index contributed by atoms with van der Waals surface area (Å²) >= 11 is 0. The largest absolute Gasteiger partial charge is 0.492 e. The van der Waals surface area contributed by atoms with Gasteiger partial charge in [0, 0.05) is 19.2 Å². The minimum absolute atomic E-state index is 0.262. The van der Waals surface area contributed by atoms with Crippen LogP contribution in [0.3, 0.4) is 0 Å². The Hall–Kier alpha value is -1.29. The van der Waals surface area contributed by atoms with Crippen LogP contribution in [0.5, 0.6) is 5.75 Å². The van der Waals surface area contributed by atoms with Crippen molar-refractivity contribution in [3.63, 3.8) is 0 Å². The summed E-state index contributed by atoms with van der Waals surface area (Å²) in [5.41, 5.74) is 1.000. The molecule has 0 fully saturated rings. The Balaban J connectivity index is 2.27. The number of hydrogen-bond acceptors (Lipinski definition) is 4. The van der Waals surface area contributed by atoms with Gasteiger partial charge in [0.1, 0.15) is 5.75 Å². The number of aliphatic hydroxyl groups is 1. The maximum absolute atomic E-state index is 8.64. The first-order valence-corrected chi connectivity index (χ1v) is 6.29. The number of aromatic nitrogens is 1. The molecule has 0 saturated heterocycles. The second-order valence-electron chi connectivity index (χ2n) is 3.97. The molecule has 17 heavy (non-hydrogen) atoms. The SMILES string of the molecule is CCCNc1cncc(OCCCCCO)c1. The smallest absolute Gasteiger partial charge is 0.139 e. The van der Waals surface area contributed by atoms with Gasteiger partial charge in [0.25, 0.3) is 0 Å². The van der Waals surface area contributed by atoms with E-state index >= 15 is 0 Å². The Morgan fingerprint density at radius 3 is 2.94 bits per heavy atom. The lowest BCUT2D eigenvalue weighted by atomic mass is 10.2. The number of rotatable bonds is 9. The molecule has 4 heteroatoms. The number of ether oxygens (including phenoxy) is 1. The van der Waals surface area contributed by atoms with Crippen LogP contribution in [0.1, 0.15) is 32.6 Å². The maximum Gasteiger partial charge on any atom is 0.139 e. The van der Waals surface area contributed by atoms with Gasteiger partial charge in [-0.3, -0.25) is 4.98 Å². The molecule has 0 aliphatic rings. The Bertz CT molecular complexity index is 305. The van der Waals surface area contributed by atoms with Gasteiger partial charge in [-0.05, 0) is 25.7 Å². The predicted octanol–water partition coefficient (Wildman–Crippen LogP) is 2.44. The number of nitrogens with one attached hydrogen (secondary N) is 1. The van der Waals surface area contributed by atoms with E-state index in [1.54, 1.807) is 12.4 Å². The molecule has 0 amide bonds. The van der Waals surface area contributed by atoms with Gasteiger partial charge in [0.05, 0.1) is 24.7 Å². The molecule has 0 unspecified atom stereocenters. The average molecular weight is 238 g/mol. The highest BCUT2D eigenvalue weighted by molar-refractivity contribution is 5.44. The van der Waals surface area contributed by atoms with E-state index in [4.69, 9.17) is 9.84 Å². The zero-order valence-electron chi connectivity index (χ0n) is 10.5. The summed E-state index contributed by atoms with van der Waals surface area (Å²) in [5.74, 6) is 0.801. The number of aliphatic hydroxyl groups excluding tert-OH is 1. The molecule has 2 N–H and O–H groups in total. The van der Waals surface area contributed by atoms with Crippen molar-refractivity contribution < 1.29 is 9.84 Å². The molecule has 1 aromatic rings. The van der Waals surface area contributed by atoms with E-state index in [0.717, 1.165) is 43.7 Å². The average Bonchev–Trinajstić information content (AvgIpc) is 2.37. The first-order chi connectivity index (χ1) is 8.36. The molecule has 1 heterocycles. The fourth-order valence-corrected chi connectivity index (χ4v) is 1.44. The second kappa shape index (κ2) is 8.82. The topological polar surface area (TPSA) is 54.4 Å². The van der Waals surface area contributed by atoms with E-state index in [1.807, 2.05) is 6.07 Å². The number of anilines is 1. The summed E-state index contributed by atoms with van der Waals surface area (Å²) in [4.78, 5) is 4.13. The van der Waals surface area contributed by atoms with Gasteiger partial charge in [-0.25, -0.2) is 0 Å². The van der Waals surface area contributed by atoms with E-state index in [-0.39, 0.29) is 6.61 Å². The molecule has 0 bridgehead atoms. The van der Waals surface area contributed by atoms with Crippen molar-refractivity contribution in [3.05, 3.63) is 18.5 Å². The molecule has 1 rings (SSSR count). The van der Waals surface area contributed by atoms with Crippen molar-refractivity contribution in [2.75, 3.05) is 25.1 Å². The second-order valence-corrected chi connectivity index (χ2v) is 3.97. The third kappa shape index (κ3) is 6.12. The molecule has 0 atom stereocenters. The van der Waals surface area contributed by atoms with Gasteiger partial charge in [0.2, 0.25) is 0 Å². The van der Waals surface area contributed by atoms with Crippen molar-refractivity contribution >= 4 is 5.69 Å². The van der Waals surface area contributed by atoms with Gasteiger partial charge >= 0.3 is 0 Å². The summed E-state index contributed by atoms with van der Waals surface area (Å²) in [7, 11) is 0. The first kappa shape index (κ1) is 13.8. The lowest BCUT2D eigenvalue weighted by Gasteiger charge is -2.08. The lowest BCUT2D eigenvalue weighted by molar-refractivity contribution is 0.266. The van der Waals surface area contributed by atoms with Crippen molar-refractivity contribution in [1.29, 1.82) is 0 Å². The number of pyridine rings is 1. The molecule has 0 aliphatic heterocycles. The van der Waals surface area contributed by atoms with Crippen LogP contribution in [0, 0.1) is 0 Å². The summed E-state index contributed by atoms with van der Waals surface area (Å²) < 4.78 is 5.59. The van der Waals surface area contributed by atoms with Crippen LogP contribution in [-0.4, -0.2) is 29.8 Å². The molecule has 0 radical (unpaired) electrons. The van der Waals surface area contributed by atoms with Crippen molar-refractivity contribution in [1.82, 2.24) is 4.98 Å². The Morgan fingerprint density at radius 1 is 1.29 bits per heavy atom. The summed E-state index contributed by atoms with van der Waals surface area (Å²) in [6.45, 7) is 4.01. The lowest BCUT2D eigenvalue weighted by Crippen LogP contribution is -2.02. The van der Waals surface area contributed by atoms with Gasteiger partial charge in [-0.1, -0.05) is 6.92 Å². The fraction of sp³-hybridized carbons (Fsp3) is 0.615. The van der Waals surface area contributed by atoms with Crippen LogP contribution in [0.15, 0.2) is 18.5 Å². The third-order valence-electron chi connectivity index (χ3n) is 2.36. The summed E-state index contributed by atoms with van der Waals surface area (Å²) in [6.07, 6.45) is 7.42. The molecule has 96 valence electrons. The Morgan fingerprint density at radius 2 is 2.18 bits per heavy atom. The molecular weight excluding hydrogens is 216 g/mol. The highest BCUT2D eigenvalue weighted by Gasteiger charge is 1.97. The van der Waals surface area contributed by atoms with E-state index in [2.05, 4.69) is 17.2 Å². The van der Waals surface area contributed by atoms with Crippen LogP contribution in [-0.2, 0) is 0 Å². The molecule has 0 saturated carbocycles. The van der Waals surface area contributed by atoms with E-state index < -0.39 is 0 Å². The van der Waals surface area contributed by atoms with Crippen LogP contribution < -0.4 is 10.1 Å². The molecule has 0 aromatic carbocycles. The normalized spacial score (nSPS) is 10.2. The molecule has 0 spiro atoms. The number of nitrogens with zero attached hydrogens (tertiary/aromatic N) is 1. The van der Waals surface area contributed by atoms with Crippen molar-refractivity contribution in [3.8, 4) is 5.75 Å².